The average molecular weight is 424 g/mol. The second-order valence-electron chi connectivity index (χ2n) is 6.36. The largest absolute Gasteiger partial charge is 0.384 e. The number of carbonyl (C=O) groups excluding carboxylic acids is 1. The van der Waals surface area contributed by atoms with E-state index in [-0.39, 0.29) is 29.9 Å². The topological polar surface area (TPSA) is 107 Å². The molecular formula is C21H15ClFN5O2. The first-order chi connectivity index (χ1) is 14.5. The van der Waals surface area contributed by atoms with Gasteiger partial charge in [0, 0.05) is 16.8 Å². The Kier molecular flexibility index (Phi) is 5.40. The van der Waals surface area contributed by atoms with Crippen molar-refractivity contribution in [3.8, 4) is 22.6 Å². The van der Waals surface area contributed by atoms with E-state index in [0.717, 1.165) is 0 Å². The van der Waals surface area contributed by atoms with Crippen molar-refractivity contribution in [2.24, 2.45) is 0 Å². The summed E-state index contributed by atoms with van der Waals surface area (Å²) in [5.74, 6) is -0.257. The van der Waals surface area contributed by atoms with Crippen LogP contribution in [0.3, 0.4) is 0 Å². The smallest absolute Gasteiger partial charge is 0.243 e. The fourth-order valence-corrected chi connectivity index (χ4v) is 3.07. The molecule has 0 aliphatic rings. The van der Waals surface area contributed by atoms with E-state index in [1.54, 1.807) is 36.4 Å². The highest BCUT2D eigenvalue weighted by atomic mass is 35.5. The predicted molar refractivity (Wildman–Crippen MR) is 111 cm³/mol. The first-order valence-corrected chi connectivity index (χ1v) is 9.27. The third-order valence-corrected chi connectivity index (χ3v) is 4.64. The zero-order valence-electron chi connectivity index (χ0n) is 15.5. The number of aromatic nitrogens is 3. The average Bonchev–Trinajstić information content (AvgIpc) is 3.13. The fourth-order valence-electron chi connectivity index (χ4n) is 2.87. The van der Waals surface area contributed by atoms with E-state index in [9.17, 15) is 9.18 Å². The summed E-state index contributed by atoms with van der Waals surface area (Å²) in [5, 5.41) is 7.21. The third kappa shape index (κ3) is 4.13. The molecule has 0 saturated carbocycles. The fraction of sp³-hybridized carbons (Fsp3) is 0.0476. The lowest BCUT2D eigenvalue weighted by Crippen LogP contribution is -2.15. The van der Waals surface area contributed by atoms with Crippen LogP contribution in [0, 0.1) is 5.82 Å². The standard InChI is InChI=1S/C21H15ClFN5O2/c22-15-4-2-1-3-13(15)11-17(29)27-21-18(20-25-10-9-16(24)26-20)19(28-30-21)12-5-7-14(23)8-6-12/h1-10H,11H2,(H,27,29)(H2,24,25,26). The summed E-state index contributed by atoms with van der Waals surface area (Å²) < 4.78 is 18.7. The molecule has 0 aliphatic carbocycles. The second-order valence-corrected chi connectivity index (χ2v) is 6.77. The highest BCUT2D eigenvalue weighted by molar-refractivity contribution is 6.31. The van der Waals surface area contributed by atoms with Crippen LogP contribution in [-0.4, -0.2) is 21.0 Å². The van der Waals surface area contributed by atoms with Gasteiger partial charge in [-0.25, -0.2) is 14.4 Å². The monoisotopic (exact) mass is 423 g/mol. The van der Waals surface area contributed by atoms with Crippen molar-refractivity contribution >= 4 is 29.2 Å². The molecule has 9 heteroatoms. The summed E-state index contributed by atoms with van der Waals surface area (Å²) in [7, 11) is 0. The Morgan fingerprint density at radius 2 is 1.90 bits per heavy atom. The molecule has 0 bridgehead atoms. The number of amides is 1. The van der Waals surface area contributed by atoms with Crippen LogP contribution in [0.1, 0.15) is 5.56 Å². The maximum atomic E-state index is 13.3. The van der Waals surface area contributed by atoms with Crippen molar-refractivity contribution in [1.82, 2.24) is 15.1 Å². The van der Waals surface area contributed by atoms with Gasteiger partial charge in [-0.15, -0.1) is 0 Å². The highest BCUT2D eigenvalue weighted by Crippen LogP contribution is 2.36. The number of nitrogens with two attached hydrogens (primary N) is 1. The molecule has 1 amide bonds. The molecule has 2 heterocycles. The molecule has 0 aliphatic heterocycles. The Morgan fingerprint density at radius 1 is 1.13 bits per heavy atom. The molecule has 150 valence electrons. The van der Waals surface area contributed by atoms with E-state index in [4.69, 9.17) is 21.9 Å². The number of rotatable bonds is 5. The van der Waals surface area contributed by atoms with E-state index >= 15 is 0 Å². The van der Waals surface area contributed by atoms with E-state index < -0.39 is 5.82 Å². The number of halogens is 2. The minimum absolute atomic E-state index is 0.0312. The SMILES string of the molecule is Nc1ccnc(-c2c(-c3ccc(F)cc3)noc2NC(=O)Cc2ccccc2Cl)n1. The lowest BCUT2D eigenvalue weighted by molar-refractivity contribution is -0.115. The number of nitrogens with zero attached hydrogens (tertiary/aromatic N) is 3. The maximum absolute atomic E-state index is 13.3. The first kappa shape index (κ1) is 19.5. The molecule has 4 aromatic rings. The van der Waals surface area contributed by atoms with Gasteiger partial charge in [0.2, 0.25) is 11.8 Å². The normalized spacial score (nSPS) is 10.7. The van der Waals surface area contributed by atoms with E-state index in [0.29, 0.717) is 27.4 Å². The number of nitrogens with one attached hydrogen (secondary N) is 1. The molecule has 2 aromatic carbocycles. The van der Waals surface area contributed by atoms with Crippen LogP contribution in [0.4, 0.5) is 16.1 Å². The number of carbonyl (C=O) groups is 1. The molecule has 0 unspecified atom stereocenters. The number of hydrogen-bond donors (Lipinski definition) is 2. The summed E-state index contributed by atoms with van der Waals surface area (Å²) in [6.07, 6.45) is 1.51. The number of anilines is 2. The Bertz CT molecular complexity index is 1210. The second kappa shape index (κ2) is 8.30. The van der Waals surface area contributed by atoms with Gasteiger partial charge in [0.15, 0.2) is 5.82 Å². The van der Waals surface area contributed by atoms with Crippen LogP contribution in [0.2, 0.25) is 5.02 Å². The lowest BCUT2D eigenvalue weighted by atomic mass is 10.1. The predicted octanol–water partition coefficient (Wildman–Crippen LogP) is 4.35. The Labute approximate surface area is 175 Å². The summed E-state index contributed by atoms with van der Waals surface area (Å²) >= 11 is 6.13. The summed E-state index contributed by atoms with van der Waals surface area (Å²) in [5.41, 5.74) is 7.69. The van der Waals surface area contributed by atoms with Gasteiger partial charge in [0.25, 0.3) is 0 Å². The van der Waals surface area contributed by atoms with Gasteiger partial charge >= 0.3 is 0 Å². The van der Waals surface area contributed by atoms with Crippen LogP contribution in [0.25, 0.3) is 22.6 Å². The van der Waals surface area contributed by atoms with Crippen molar-refractivity contribution in [3.05, 3.63) is 77.2 Å². The van der Waals surface area contributed by atoms with Crippen LogP contribution in [-0.2, 0) is 11.2 Å². The quantitative estimate of drug-likeness (QED) is 0.494. The van der Waals surface area contributed by atoms with Crippen molar-refractivity contribution in [2.75, 3.05) is 11.1 Å². The van der Waals surface area contributed by atoms with Crippen LogP contribution in [0.15, 0.2) is 65.3 Å². The Morgan fingerprint density at radius 3 is 2.63 bits per heavy atom. The lowest BCUT2D eigenvalue weighted by Gasteiger charge is -2.07. The van der Waals surface area contributed by atoms with E-state index in [1.807, 2.05) is 0 Å². The van der Waals surface area contributed by atoms with Gasteiger partial charge in [-0.05, 0) is 42.0 Å². The van der Waals surface area contributed by atoms with Crippen LogP contribution in [0.5, 0.6) is 0 Å². The van der Waals surface area contributed by atoms with Gasteiger partial charge in [0.1, 0.15) is 22.9 Å². The van der Waals surface area contributed by atoms with Gasteiger partial charge in [-0.3, -0.25) is 10.1 Å². The molecule has 2 aromatic heterocycles. The summed E-state index contributed by atoms with van der Waals surface area (Å²) in [6, 6.07) is 14.2. The van der Waals surface area contributed by atoms with E-state index in [1.165, 1.54) is 24.4 Å². The third-order valence-electron chi connectivity index (χ3n) is 4.27. The Balaban J connectivity index is 1.71. The van der Waals surface area contributed by atoms with Crippen molar-refractivity contribution in [3.63, 3.8) is 0 Å². The summed E-state index contributed by atoms with van der Waals surface area (Å²) in [6.45, 7) is 0. The molecule has 0 atom stereocenters. The molecule has 4 rings (SSSR count). The van der Waals surface area contributed by atoms with Gasteiger partial charge in [0.05, 0.1) is 6.42 Å². The van der Waals surface area contributed by atoms with Gasteiger partial charge in [-0.1, -0.05) is 35.0 Å². The molecule has 0 fully saturated rings. The van der Waals surface area contributed by atoms with Gasteiger partial charge < -0.3 is 10.3 Å². The highest BCUT2D eigenvalue weighted by Gasteiger charge is 2.23. The molecular weight excluding hydrogens is 409 g/mol. The maximum Gasteiger partial charge on any atom is 0.243 e. The molecule has 3 N–H and O–H groups in total. The van der Waals surface area contributed by atoms with Crippen molar-refractivity contribution in [1.29, 1.82) is 0 Å². The van der Waals surface area contributed by atoms with Crippen molar-refractivity contribution < 1.29 is 13.7 Å². The number of nitrogen functional groups attached to an aromatic ring is 1. The minimum Gasteiger partial charge on any atom is -0.384 e. The number of benzene rings is 2. The molecule has 30 heavy (non-hydrogen) atoms. The first-order valence-electron chi connectivity index (χ1n) is 8.89. The zero-order chi connectivity index (χ0) is 21.1. The Hall–Kier alpha value is -3.78. The van der Waals surface area contributed by atoms with Crippen LogP contribution < -0.4 is 11.1 Å². The van der Waals surface area contributed by atoms with Crippen LogP contribution >= 0.6 is 11.6 Å². The molecule has 0 spiro atoms. The molecule has 7 nitrogen and oxygen atoms in total. The molecule has 0 saturated heterocycles. The van der Waals surface area contributed by atoms with Crippen molar-refractivity contribution in [2.45, 2.75) is 6.42 Å². The summed E-state index contributed by atoms with van der Waals surface area (Å²) in [4.78, 5) is 21.0. The van der Waals surface area contributed by atoms with E-state index in [2.05, 4.69) is 20.4 Å². The minimum atomic E-state index is -0.391. The van der Waals surface area contributed by atoms with Gasteiger partial charge in [-0.2, -0.15) is 0 Å². The molecule has 0 radical (unpaired) electrons. The number of hydrogen-bond acceptors (Lipinski definition) is 6. The zero-order valence-corrected chi connectivity index (χ0v) is 16.2.